The molecule has 5 nitrogen and oxygen atoms in total. The molecule has 2 N–H and O–H groups in total. The summed E-state index contributed by atoms with van der Waals surface area (Å²) in [5.74, 6) is 2.11. The fourth-order valence-corrected chi connectivity index (χ4v) is 3.21. The number of hydrogen-bond donors (Lipinski definition) is 2. The molecule has 0 atom stereocenters. The molecule has 0 aliphatic heterocycles. The Balaban J connectivity index is 1.92. The number of aliphatic imine (C=N–C) groups is 1. The molecule has 1 aromatic carbocycles. The molecule has 130 valence electrons. The van der Waals surface area contributed by atoms with E-state index >= 15 is 0 Å². The Kier molecular flexibility index (Phi) is 7.21. The van der Waals surface area contributed by atoms with Crippen LogP contribution in [0.3, 0.4) is 0 Å². The summed E-state index contributed by atoms with van der Waals surface area (Å²) in [4.78, 5) is 5.48. The molecule has 0 fully saturated rings. The minimum Gasteiger partial charge on any atom is -0.493 e. The van der Waals surface area contributed by atoms with Gasteiger partial charge in [0.05, 0.1) is 18.1 Å². The smallest absolute Gasteiger partial charge is 0.195 e. The molecule has 24 heavy (non-hydrogen) atoms. The van der Waals surface area contributed by atoms with Crippen molar-refractivity contribution in [3.05, 3.63) is 39.5 Å². The second kappa shape index (κ2) is 9.39. The molecule has 0 radical (unpaired) electrons. The van der Waals surface area contributed by atoms with Crippen LogP contribution in [-0.4, -0.2) is 33.3 Å². The lowest BCUT2D eigenvalue weighted by Crippen LogP contribution is -2.32. The van der Waals surface area contributed by atoms with Gasteiger partial charge in [0.2, 0.25) is 0 Å². The van der Waals surface area contributed by atoms with E-state index in [2.05, 4.69) is 15.6 Å². The van der Waals surface area contributed by atoms with E-state index in [1.165, 1.54) is 4.88 Å². The lowest BCUT2D eigenvalue weighted by atomic mass is 10.2. The first kappa shape index (κ1) is 18.4. The van der Waals surface area contributed by atoms with Gasteiger partial charge in [-0.25, -0.2) is 0 Å². The van der Waals surface area contributed by atoms with Crippen LogP contribution >= 0.6 is 22.9 Å². The van der Waals surface area contributed by atoms with Crippen molar-refractivity contribution >= 4 is 34.6 Å². The number of thiophene rings is 1. The average molecular weight is 368 g/mol. The Morgan fingerprint density at radius 3 is 2.71 bits per heavy atom. The summed E-state index contributed by atoms with van der Waals surface area (Å²) < 4.78 is 11.7. The van der Waals surface area contributed by atoms with Crippen LogP contribution in [0.15, 0.2) is 35.3 Å². The number of nitrogens with one attached hydrogen (secondary N) is 2. The van der Waals surface area contributed by atoms with Crippen LogP contribution < -0.4 is 20.1 Å². The van der Waals surface area contributed by atoms with Crippen LogP contribution in [0.5, 0.6) is 11.5 Å². The number of halogens is 1. The van der Waals surface area contributed by atoms with Crippen LogP contribution in [0.1, 0.15) is 11.8 Å². The highest BCUT2D eigenvalue weighted by Crippen LogP contribution is 2.30. The van der Waals surface area contributed by atoms with Crippen LogP contribution in [0.4, 0.5) is 5.69 Å². The number of anilines is 1. The summed E-state index contributed by atoms with van der Waals surface area (Å²) in [6, 6.07) is 9.66. The summed E-state index contributed by atoms with van der Waals surface area (Å²) in [5.41, 5.74) is 0.877. The second-order valence-corrected chi connectivity index (χ2v) is 6.68. The molecule has 0 saturated carbocycles. The highest BCUT2D eigenvalue weighted by atomic mass is 35.5. The first-order valence-corrected chi connectivity index (χ1v) is 8.88. The highest BCUT2D eigenvalue weighted by molar-refractivity contribution is 7.16. The summed E-state index contributed by atoms with van der Waals surface area (Å²) in [5, 5.41) is 6.53. The number of ether oxygens (including phenoxy) is 2. The maximum Gasteiger partial charge on any atom is 0.195 e. The van der Waals surface area contributed by atoms with Gasteiger partial charge >= 0.3 is 0 Å². The molecule has 2 aromatic rings. The van der Waals surface area contributed by atoms with Crippen LogP contribution in [0.25, 0.3) is 0 Å². The maximum absolute atomic E-state index is 5.94. The number of guanidine groups is 1. The van der Waals surface area contributed by atoms with E-state index < -0.39 is 0 Å². The average Bonchev–Trinajstić information content (AvgIpc) is 3.00. The predicted octanol–water partition coefficient (Wildman–Crippen LogP) is 4.04. The van der Waals surface area contributed by atoms with Gasteiger partial charge in [0, 0.05) is 30.2 Å². The number of benzene rings is 1. The third kappa shape index (κ3) is 5.32. The van der Waals surface area contributed by atoms with Gasteiger partial charge in [0.1, 0.15) is 0 Å². The van der Waals surface area contributed by atoms with E-state index in [9.17, 15) is 0 Å². The van der Waals surface area contributed by atoms with Gasteiger partial charge in [-0.05, 0) is 37.6 Å². The molecule has 0 amide bonds. The number of methoxy groups -OCH3 is 1. The van der Waals surface area contributed by atoms with Crippen molar-refractivity contribution in [3.63, 3.8) is 0 Å². The van der Waals surface area contributed by atoms with Gasteiger partial charge in [-0.1, -0.05) is 11.6 Å². The van der Waals surface area contributed by atoms with Crippen LogP contribution in [0.2, 0.25) is 4.34 Å². The molecule has 1 aromatic heterocycles. The molecule has 0 saturated heterocycles. The minimum absolute atomic E-state index is 0.596. The van der Waals surface area contributed by atoms with Crippen molar-refractivity contribution in [1.29, 1.82) is 0 Å². The van der Waals surface area contributed by atoms with Crippen molar-refractivity contribution in [1.82, 2.24) is 5.32 Å². The van der Waals surface area contributed by atoms with Gasteiger partial charge < -0.3 is 20.1 Å². The molecule has 0 bridgehead atoms. The fraction of sp³-hybridized carbons (Fsp3) is 0.353. The van der Waals surface area contributed by atoms with E-state index in [4.69, 9.17) is 21.1 Å². The third-order valence-corrected chi connectivity index (χ3v) is 4.53. The van der Waals surface area contributed by atoms with E-state index in [0.717, 1.165) is 28.7 Å². The van der Waals surface area contributed by atoms with Crippen molar-refractivity contribution in [2.45, 2.75) is 13.3 Å². The zero-order valence-electron chi connectivity index (χ0n) is 14.1. The molecule has 2 rings (SSSR count). The molecule has 0 unspecified atom stereocenters. The van der Waals surface area contributed by atoms with Gasteiger partial charge in [0.25, 0.3) is 0 Å². The Labute approximate surface area is 151 Å². The molecule has 0 aliphatic rings. The van der Waals surface area contributed by atoms with Crippen LogP contribution in [0, 0.1) is 0 Å². The lowest BCUT2D eigenvalue weighted by Gasteiger charge is -2.14. The first-order valence-electron chi connectivity index (χ1n) is 7.69. The van der Waals surface area contributed by atoms with Gasteiger partial charge in [-0.15, -0.1) is 11.3 Å². The van der Waals surface area contributed by atoms with Gasteiger partial charge in [-0.3, -0.25) is 4.99 Å². The first-order chi connectivity index (χ1) is 11.7. The Hall–Kier alpha value is -1.92. The van der Waals surface area contributed by atoms with Crippen LogP contribution in [-0.2, 0) is 6.42 Å². The maximum atomic E-state index is 5.94. The molecule has 0 spiro atoms. The second-order valence-electron chi connectivity index (χ2n) is 4.88. The molecular formula is C17H22ClN3O2S. The van der Waals surface area contributed by atoms with E-state index in [1.807, 2.05) is 37.3 Å². The van der Waals surface area contributed by atoms with E-state index in [0.29, 0.717) is 18.3 Å². The predicted molar refractivity (Wildman–Crippen MR) is 102 cm³/mol. The Bertz CT molecular complexity index is 688. The third-order valence-electron chi connectivity index (χ3n) is 3.24. The van der Waals surface area contributed by atoms with Gasteiger partial charge in [0.15, 0.2) is 17.5 Å². The minimum atomic E-state index is 0.596. The van der Waals surface area contributed by atoms with Crippen molar-refractivity contribution in [3.8, 4) is 11.5 Å². The summed E-state index contributed by atoms with van der Waals surface area (Å²) in [6.45, 7) is 3.31. The fourth-order valence-electron chi connectivity index (χ4n) is 2.13. The number of nitrogens with zero attached hydrogens (tertiary/aromatic N) is 1. The number of rotatable bonds is 7. The monoisotopic (exact) mass is 367 g/mol. The Morgan fingerprint density at radius 1 is 1.25 bits per heavy atom. The standard InChI is InChI=1S/C17H22ClN3O2S/c1-4-23-14-7-5-12(11-15(14)22-3)21-17(19-2)20-10-9-13-6-8-16(18)24-13/h5-8,11H,4,9-10H2,1-3H3,(H2,19,20,21). The molecule has 7 heteroatoms. The largest absolute Gasteiger partial charge is 0.493 e. The van der Waals surface area contributed by atoms with E-state index in [-0.39, 0.29) is 0 Å². The summed E-state index contributed by atoms with van der Waals surface area (Å²) in [7, 11) is 3.37. The Morgan fingerprint density at radius 2 is 2.08 bits per heavy atom. The topological polar surface area (TPSA) is 54.9 Å². The number of hydrogen-bond acceptors (Lipinski definition) is 4. The quantitative estimate of drug-likeness (QED) is 0.573. The highest BCUT2D eigenvalue weighted by Gasteiger charge is 2.07. The lowest BCUT2D eigenvalue weighted by molar-refractivity contribution is 0.311. The SMILES string of the molecule is CCOc1ccc(NC(=NC)NCCc2ccc(Cl)s2)cc1OC. The molecular weight excluding hydrogens is 346 g/mol. The zero-order chi connectivity index (χ0) is 17.4. The van der Waals surface area contributed by atoms with E-state index in [1.54, 1.807) is 25.5 Å². The van der Waals surface area contributed by atoms with Crippen molar-refractivity contribution in [2.24, 2.45) is 4.99 Å². The molecule has 1 heterocycles. The summed E-state index contributed by atoms with van der Waals surface area (Å²) in [6.07, 6.45) is 0.894. The van der Waals surface area contributed by atoms with Gasteiger partial charge in [-0.2, -0.15) is 0 Å². The normalized spacial score (nSPS) is 11.2. The zero-order valence-corrected chi connectivity index (χ0v) is 15.6. The van der Waals surface area contributed by atoms with Crippen molar-refractivity contribution < 1.29 is 9.47 Å². The van der Waals surface area contributed by atoms with Crippen molar-refractivity contribution in [2.75, 3.05) is 32.6 Å². The summed E-state index contributed by atoms with van der Waals surface area (Å²) >= 11 is 7.54. The molecule has 0 aliphatic carbocycles.